The maximum Gasteiger partial charge on any atom is 0.127 e. The predicted octanol–water partition coefficient (Wildman–Crippen LogP) is 2.72. The second-order valence-electron chi connectivity index (χ2n) is 5.31. The predicted molar refractivity (Wildman–Crippen MR) is 63.9 cm³/mol. The summed E-state index contributed by atoms with van der Waals surface area (Å²) in [6.45, 7) is 11.0. The Kier molecular flexibility index (Phi) is 4.32. The molecule has 2 atom stereocenters. The standard InChI is InChI=1S/C13H25NO/c1-5-13(6-2,10-15)9-14-8-11(3)7-12(14)4/h10-12H,5-9H2,1-4H3. The number of hydrogen-bond acceptors (Lipinski definition) is 2. The van der Waals surface area contributed by atoms with E-state index in [0.717, 1.165) is 31.8 Å². The SMILES string of the molecule is CCC(C=O)(CC)CN1CC(C)CC1C. The molecule has 1 heterocycles. The van der Waals surface area contributed by atoms with E-state index in [1.165, 1.54) is 12.7 Å². The van der Waals surface area contributed by atoms with Gasteiger partial charge in [0.2, 0.25) is 0 Å². The van der Waals surface area contributed by atoms with Gasteiger partial charge in [-0.1, -0.05) is 20.8 Å². The van der Waals surface area contributed by atoms with Gasteiger partial charge in [0.05, 0.1) is 0 Å². The quantitative estimate of drug-likeness (QED) is 0.652. The van der Waals surface area contributed by atoms with Crippen LogP contribution in [0, 0.1) is 11.3 Å². The molecule has 2 heteroatoms. The van der Waals surface area contributed by atoms with Crippen molar-refractivity contribution in [3.8, 4) is 0 Å². The van der Waals surface area contributed by atoms with E-state index < -0.39 is 0 Å². The van der Waals surface area contributed by atoms with Crippen LogP contribution in [0.2, 0.25) is 0 Å². The van der Waals surface area contributed by atoms with Crippen molar-refractivity contribution in [1.82, 2.24) is 4.90 Å². The lowest BCUT2D eigenvalue weighted by Crippen LogP contribution is -2.40. The summed E-state index contributed by atoms with van der Waals surface area (Å²) >= 11 is 0. The van der Waals surface area contributed by atoms with Crippen molar-refractivity contribution in [1.29, 1.82) is 0 Å². The molecule has 2 nitrogen and oxygen atoms in total. The summed E-state index contributed by atoms with van der Waals surface area (Å²) in [4.78, 5) is 13.7. The van der Waals surface area contributed by atoms with E-state index in [9.17, 15) is 4.79 Å². The van der Waals surface area contributed by atoms with Gasteiger partial charge in [0.15, 0.2) is 0 Å². The van der Waals surface area contributed by atoms with E-state index in [1.807, 2.05) is 0 Å². The fraction of sp³-hybridized carbons (Fsp3) is 0.923. The van der Waals surface area contributed by atoms with E-state index in [2.05, 4.69) is 32.6 Å². The molecule has 88 valence electrons. The van der Waals surface area contributed by atoms with Gasteiger partial charge in [0.25, 0.3) is 0 Å². The van der Waals surface area contributed by atoms with Gasteiger partial charge in [-0.25, -0.2) is 0 Å². The Labute approximate surface area is 94.0 Å². The minimum atomic E-state index is -0.0989. The van der Waals surface area contributed by atoms with Crippen molar-refractivity contribution >= 4 is 6.29 Å². The zero-order valence-electron chi connectivity index (χ0n) is 10.6. The first-order valence-corrected chi connectivity index (χ1v) is 6.27. The lowest BCUT2D eigenvalue weighted by atomic mass is 9.83. The highest BCUT2D eigenvalue weighted by Crippen LogP contribution is 2.30. The van der Waals surface area contributed by atoms with Crippen molar-refractivity contribution < 1.29 is 4.79 Å². The number of likely N-dealkylation sites (tertiary alicyclic amines) is 1. The Bertz CT molecular complexity index is 211. The number of rotatable bonds is 5. The Morgan fingerprint density at radius 3 is 2.27 bits per heavy atom. The molecule has 1 aliphatic rings. The highest BCUT2D eigenvalue weighted by molar-refractivity contribution is 5.59. The average molecular weight is 211 g/mol. The number of carbonyl (C=O) groups excluding carboxylic acids is 1. The normalized spacial score (nSPS) is 28.3. The largest absolute Gasteiger partial charge is 0.303 e. The van der Waals surface area contributed by atoms with Crippen LogP contribution in [0.1, 0.15) is 47.0 Å². The highest BCUT2D eigenvalue weighted by atomic mass is 16.1. The Morgan fingerprint density at radius 1 is 1.33 bits per heavy atom. The maximum absolute atomic E-state index is 11.2. The van der Waals surface area contributed by atoms with Crippen LogP contribution in [0.15, 0.2) is 0 Å². The van der Waals surface area contributed by atoms with Crippen LogP contribution >= 0.6 is 0 Å². The van der Waals surface area contributed by atoms with Gasteiger partial charge < -0.3 is 4.79 Å². The van der Waals surface area contributed by atoms with E-state index in [-0.39, 0.29) is 5.41 Å². The van der Waals surface area contributed by atoms with Crippen LogP contribution in [0.25, 0.3) is 0 Å². The Morgan fingerprint density at radius 2 is 1.93 bits per heavy atom. The smallest absolute Gasteiger partial charge is 0.127 e. The van der Waals surface area contributed by atoms with Crippen molar-refractivity contribution in [2.24, 2.45) is 11.3 Å². The molecule has 2 unspecified atom stereocenters. The third kappa shape index (κ3) is 2.81. The van der Waals surface area contributed by atoms with Crippen molar-refractivity contribution in [3.05, 3.63) is 0 Å². The first-order valence-electron chi connectivity index (χ1n) is 6.27. The monoisotopic (exact) mass is 211 g/mol. The summed E-state index contributed by atoms with van der Waals surface area (Å²) in [7, 11) is 0. The highest BCUT2D eigenvalue weighted by Gasteiger charge is 2.34. The molecule has 0 aromatic rings. The number of nitrogens with zero attached hydrogens (tertiary/aromatic N) is 1. The van der Waals surface area contributed by atoms with Crippen LogP contribution in [0.4, 0.5) is 0 Å². The van der Waals surface area contributed by atoms with Crippen LogP contribution < -0.4 is 0 Å². The summed E-state index contributed by atoms with van der Waals surface area (Å²) in [5.41, 5.74) is -0.0989. The van der Waals surface area contributed by atoms with Crippen LogP contribution in [0.5, 0.6) is 0 Å². The molecule has 0 N–H and O–H groups in total. The van der Waals surface area contributed by atoms with Gasteiger partial charge in [0.1, 0.15) is 6.29 Å². The molecule has 15 heavy (non-hydrogen) atoms. The molecule has 0 aromatic carbocycles. The minimum Gasteiger partial charge on any atom is -0.303 e. The van der Waals surface area contributed by atoms with Crippen molar-refractivity contribution in [2.75, 3.05) is 13.1 Å². The summed E-state index contributed by atoms with van der Waals surface area (Å²) in [6, 6.07) is 0.650. The molecule has 1 rings (SSSR count). The second-order valence-corrected chi connectivity index (χ2v) is 5.31. The molecule has 0 aromatic heterocycles. The molecule has 1 aliphatic heterocycles. The van der Waals surface area contributed by atoms with Gasteiger partial charge >= 0.3 is 0 Å². The minimum absolute atomic E-state index is 0.0989. The van der Waals surface area contributed by atoms with Crippen LogP contribution in [-0.4, -0.2) is 30.3 Å². The second kappa shape index (κ2) is 5.11. The molecule has 0 spiro atoms. The van der Waals surface area contributed by atoms with Crippen LogP contribution in [0.3, 0.4) is 0 Å². The van der Waals surface area contributed by atoms with Gasteiger partial charge in [0, 0.05) is 24.5 Å². The third-order valence-electron chi connectivity index (χ3n) is 4.09. The topological polar surface area (TPSA) is 20.3 Å². The molecule has 0 radical (unpaired) electrons. The molecular weight excluding hydrogens is 186 g/mol. The first kappa shape index (κ1) is 12.7. The fourth-order valence-corrected chi connectivity index (χ4v) is 2.69. The summed E-state index contributed by atoms with van der Waals surface area (Å²) in [6.07, 6.45) is 4.39. The molecular formula is C13H25NO. The zero-order valence-corrected chi connectivity index (χ0v) is 10.6. The van der Waals surface area contributed by atoms with Gasteiger partial charge in [-0.05, 0) is 32.1 Å². The van der Waals surface area contributed by atoms with Crippen molar-refractivity contribution in [2.45, 2.75) is 53.0 Å². The summed E-state index contributed by atoms with van der Waals surface area (Å²) in [5, 5.41) is 0. The summed E-state index contributed by atoms with van der Waals surface area (Å²) < 4.78 is 0. The number of hydrogen-bond donors (Lipinski definition) is 0. The fourth-order valence-electron chi connectivity index (χ4n) is 2.69. The molecule has 1 fully saturated rings. The van der Waals surface area contributed by atoms with Crippen molar-refractivity contribution in [3.63, 3.8) is 0 Å². The lowest BCUT2D eigenvalue weighted by molar-refractivity contribution is -0.117. The van der Waals surface area contributed by atoms with Gasteiger partial charge in [-0.2, -0.15) is 0 Å². The molecule has 0 saturated carbocycles. The van der Waals surface area contributed by atoms with E-state index >= 15 is 0 Å². The van der Waals surface area contributed by atoms with E-state index in [1.54, 1.807) is 0 Å². The molecule has 0 bridgehead atoms. The average Bonchev–Trinajstić information content (AvgIpc) is 2.54. The van der Waals surface area contributed by atoms with E-state index in [4.69, 9.17) is 0 Å². The number of aldehydes is 1. The number of carbonyl (C=O) groups is 1. The molecule has 1 saturated heterocycles. The Balaban J connectivity index is 2.62. The zero-order chi connectivity index (χ0) is 11.5. The summed E-state index contributed by atoms with van der Waals surface area (Å²) in [5.74, 6) is 0.790. The maximum atomic E-state index is 11.2. The third-order valence-corrected chi connectivity index (χ3v) is 4.09. The lowest BCUT2D eigenvalue weighted by Gasteiger charge is -2.32. The Hall–Kier alpha value is -0.370. The molecule has 0 aliphatic carbocycles. The van der Waals surface area contributed by atoms with E-state index in [0.29, 0.717) is 6.04 Å². The van der Waals surface area contributed by atoms with Gasteiger partial charge in [-0.3, -0.25) is 4.90 Å². The van der Waals surface area contributed by atoms with Crippen LogP contribution in [-0.2, 0) is 4.79 Å². The molecule has 0 amide bonds. The van der Waals surface area contributed by atoms with Gasteiger partial charge in [-0.15, -0.1) is 0 Å². The first-order chi connectivity index (χ1) is 7.06.